The third kappa shape index (κ3) is 6.40. The molecule has 0 heterocycles. The van der Waals surface area contributed by atoms with Gasteiger partial charge in [0, 0.05) is 6.54 Å². The van der Waals surface area contributed by atoms with Crippen LogP contribution in [0.25, 0.3) is 0 Å². The molecule has 0 spiro atoms. The van der Waals surface area contributed by atoms with Crippen LogP contribution in [-0.2, 0) is 0 Å². The van der Waals surface area contributed by atoms with Gasteiger partial charge in [-0.05, 0) is 20.3 Å². The summed E-state index contributed by atoms with van der Waals surface area (Å²) in [5, 5.41) is 12.6. The number of hydrogen-bond acceptors (Lipinski definition) is 2. The van der Waals surface area contributed by atoms with Gasteiger partial charge in [0.1, 0.15) is 0 Å². The standard InChI is InChI=1S/C9H21N3O/c1-4-6-9(3,13)7-12-8(10)11-5-2/h13H,4-7H2,1-3H3,(H3,10,11,12). The van der Waals surface area contributed by atoms with Crippen LogP contribution >= 0.6 is 0 Å². The molecule has 4 N–H and O–H groups in total. The van der Waals surface area contributed by atoms with Crippen LogP contribution in [0.4, 0.5) is 0 Å². The second-order valence-corrected chi connectivity index (χ2v) is 3.48. The van der Waals surface area contributed by atoms with Gasteiger partial charge in [-0.15, -0.1) is 0 Å². The van der Waals surface area contributed by atoms with Gasteiger partial charge in [0.25, 0.3) is 0 Å². The Bertz CT molecular complexity index is 166. The van der Waals surface area contributed by atoms with Crippen LogP contribution in [0, 0.1) is 0 Å². The first-order valence-electron chi connectivity index (χ1n) is 4.78. The number of nitrogens with zero attached hydrogens (tertiary/aromatic N) is 1. The number of nitrogens with one attached hydrogen (secondary N) is 1. The minimum atomic E-state index is -0.727. The van der Waals surface area contributed by atoms with Crippen molar-refractivity contribution in [1.82, 2.24) is 5.32 Å². The van der Waals surface area contributed by atoms with Gasteiger partial charge in [-0.25, -0.2) is 0 Å². The van der Waals surface area contributed by atoms with E-state index in [0.717, 1.165) is 19.4 Å². The summed E-state index contributed by atoms with van der Waals surface area (Å²) in [5.41, 5.74) is 4.79. The molecule has 0 rings (SSSR count). The Labute approximate surface area is 80.2 Å². The van der Waals surface area contributed by atoms with E-state index in [1.165, 1.54) is 0 Å². The van der Waals surface area contributed by atoms with Crippen LogP contribution in [0.2, 0.25) is 0 Å². The van der Waals surface area contributed by atoms with Crippen molar-refractivity contribution in [2.24, 2.45) is 10.7 Å². The highest BCUT2D eigenvalue weighted by atomic mass is 16.3. The fourth-order valence-electron chi connectivity index (χ4n) is 1.11. The average Bonchev–Trinajstić information content (AvgIpc) is 2.02. The smallest absolute Gasteiger partial charge is 0.188 e. The second kappa shape index (κ2) is 5.80. The van der Waals surface area contributed by atoms with Gasteiger partial charge in [0.15, 0.2) is 5.96 Å². The van der Waals surface area contributed by atoms with Crippen LogP contribution in [0.3, 0.4) is 0 Å². The van der Waals surface area contributed by atoms with E-state index < -0.39 is 5.60 Å². The number of nitrogens with two attached hydrogens (primary N) is 1. The van der Waals surface area contributed by atoms with Crippen molar-refractivity contribution in [1.29, 1.82) is 0 Å². The molecule has 0 saturated carbocycles. The van der Waals surface area contributed by atoms with Gasteiger partial charge in [-0.1, -0.05) is 13.3 Å². The normalized spacial score (nSPS) is 16.8. The predicted octanol–water partition coefficient (Wildman–Crippen LogP) is 0.462. The minimum absolute atomic E-state index is 0.361. The third-order valence-corrected chi connectivity index (χ3v) is 1.74. The monoisotopic (exact) mass is 187 g/mol. The van der Waals surface area contributed by atoms with E-state index in [1.54, 1.807) is 6.92 Å². The van der Waals surface area contributed by atoms with E-state index in [1.807, 2.05) is 13.8 Å². The summed E-state index contributed by atoms with van der Waals surface area (Å²) in [6, 6.07) is 0. The Morgan fingerprint density at radius 1 is 1.54 bits per heavy atom. The molecule has 0 fully saturated rings. The molecule has 0 aliphatic heterocycles. The SMILES string of the molecule is CCCC(C)(O)CN=C(N)NCC. The van der Waals surface area contributed by atoms with Crippen molar-refractivity contribution in [2.45, 2.75) is 39.2 Å². The van der Waals surface area contributed by atoms with Crippen molar-refractivity contribution in [2.75, 3.05) is 13.1 Å². The van der Waals surface area contributed by atoms with E-state index in [0.29, 0.717) is 12.5 Å². The summed E-state index contributed by atoms with van der Waals surface area (Å²) in [6.07, 6.45) is 1.69. The number of guanidine groups is 1. The average molecular weight is 187 g/mol. The van der Waals surface area contributed by atoms with Crippen LogP contribution in [0.5, 0.6) is 0 Å². The van der Waals surface area contributed by atoms with Crippen LogP contribution < -0.4 is 11.1 Å². The lowest BCUT2D eigenvalue weighted by molar-refractivity contribution is 0.0597. The molecular weight excluding hydrogens is 166 g/mol. The van der Waals surface area contributed by atoms with Crippen molar-refractivity contribution < 1.29 is 5.11 Å². The highest BCUT2D eigenvalue weighted by molar-refractivity contribution is 5.77. The molecule has 0 aromatic rings. The highest BCUT2D eigenvalue weighted by Gasteiger charge is 2.17. The Kier molecular flexibility index (Phi) is 5.46. The molecule has 0 aliphatic rings. The summed E-state index contributed by atoms with van der Waals surface area (Å²) >= 11 is 0. The topological polar surface area (TPSA) is 70.6 Å². The molecule has 0 amide bonds. The number of rotatable bonds is 5. The summed E-state index contributed by atoms with van der Waals surface area (Å²) in [5.74, 6) is 0.402. The molecule has 78 valence electrons. The zero-order valence-corrected chi connectivity index (χ0v) is 8.80. The summed E-state index contributed by atoms with van der Waals surface area (Å²) in [7, 11) is 0. The summed E-state index contributed by atoms with van der Waals surface area (Å²) in [4.78, 5) is 4.04. The highest BCUT2D eigenvalue weighted by Crippen LogP contribution is 2.11. The molecule has 0 radical (unpaired) electrons. The zero-order chi connectivity index (χ0) is 10.3. The van der Waals surface area contributed by atoms with Crippen molar-refractivity contribution in [3.8, 4) is 0 Å². The molecule has 1 unspecified atom stereocenters. The van der Waals surface area contributed by atoms with Gasteiger partial charge in [-0.3, -0.25) is 4.99 Å². The maximum absolute atomic E-state index is 9.74. The van der Waals surface area contributed by atoms with E-state index in [2.05, 4.69) is 10.3 Å². The largest absolute Gasteiger partial charge is 0.388 e. The summed E-state index contributed by atoms with van der Waals surface area (Å²) in [6.45, 7) is 6.88. The van der Waals surface area contributed by atoms with Gasteiger partial charge < -0.3 is 16.2 Å². The molecular formula is C9H21N3O. The van der Waals surface area contributed by atoms with Crippen LogP contribution in [0.1, 0.15) is 33.6 Å². The summed E-state index contributed by atoms with van der Waals surface area (Å²) < 4.78 is 0. The maximum Gasteiger partial charge on any atom is 0.188 e. The molecule has 0 aliphatic carbocycles. The van der Waals surface area contributed by atoms with Gasteiger partial charge >= 0.3 is 0 Å². The quantitative estimate of drug-likeness (QED) is 0.432. The third-order valence-electron chi connectivity index (χ3n) is 1.74. The number of aliphatic imine (C=N–C) groups is 1. The van der Waals surface area contributed by atoms with Crippen LogP contribution in [0.15, 0.2) is 4.99 Å². The predicted molar refractivity (Wildman–Crippen MR) is 55.7 cm³/mol. The van der Waals surface area contributed by atoms with E-state index >= 15 is 0 Å². The first-order chi connectivity index (χ1) is 6.02. The minimum Gasteiger partial charge on any atom is -0.388 e. The van der Waals surface area contributed by atoms with Gasteiger partial charge in [0.05, 0.1) is 12.1 Å². The van der Waals surface area contributed by atoms with Crippen molar-refractivity contribution in [3.05, 3.63) is 0 Å². The zero-order valence-electron chi connectivity index (χ0n) is 8.80. The lowest BCUT2D eigenvalue weighted by Crippen LogP contribution is -2.35. The molecule has 4 nitrogen and oxygen atoms in total. The fraction of sp³-hybridized carbons (Fsp3) is 0.889. The van der Waals surface area contributed by atoms with E-state index in [-0.39, 0.29) is 0 Å². The molecule has 0 bridgehead atoms. The molecule has 4 heteroatoms. The van der Waals surface area contributed by atoms with E-state index in [9.17, 15) is 5.11 Å². The van der Waals surface area contributed by atoms with Gasteiger partial charge in [0.2, 0.25) is 0 Å². The number of aliphatic hydroxyl groups is 1. The maximum atomic E-state index is 9.74. The molecule has 0 aromatic carbocycles. The molecule has 13 heavy (non-hydrogen) atoms. The molecule has 0 saturated heterocycles. The lowest BCUT2D eigenvalue weighted by atomic mass is 10.0. The van der Waals surface area contributed by atoms with Crippen molar-refractivity contribution in [3.63, 3.8) is 0 Å². The Morgan fingerprint density at radius 2 is 2.15 bits per heavy atom. The number of hydrogen-bond donors (Lipinski definition) is 3. The van der Waals surface area contributed by atoms with Crippen molar-refractivity contribution >= 4 is 5.96 Å². The Morgan fingerprint density at radius 3 is 2.62 bits per heavy atom. The first-order valence-corrected chi connectivity index (χ1v) is 4.78. The van der Waals surface area contributed by atoms with E-state index in [4.69, 9.17) is 5.73 Å². The van der Waals surface area contributed by atoms with Crippen LogP contribution in [-0.4, -0.2) is 29.8 Å². The fourth-order valence-corrected chi connectivity index (χ4v) is 1.11. The Balaban J connectivity index is 3.90. The molecule has 1 atom stereocenters. The molecule has 0 aromatic heterocycles. The lowest BCUT2D eigenvalue weighted by Gasteiger charge is -2.20. The second-order valence-electron chi connectivity index (χ2n) is 3.48. The first kappa shape index (κ1) is 12.2. The Hall–Kier alpha value is -0.770. The van der Waals surface area contributed by atoms with Gasteiger partial charge in [-0.2, -0.15) is 0 Å².